The third-order valence-corrected chi connectivity index (χ3v) is 4.15. The zero-order chi connectivity index (χ0) is 14.8. The summed E-state index contributed by atoms with van der Waals surface area (Å²) in [6.45, 7) is 0. The molecule has 3 aromatic rings. The summed E-state index contributed by atoms with van der Waals surface area (Å²) in [5, 5.41) is 9.02. The number of benzene rings is 2. The zero-order valence-corrected chi connectivity index (χ0v) is 14.0. The second-order valence-corrected chi connectivity index (χ2v) is 5.79. The number of para-hydroxylation sites is 1. The van der Waals surface area contributed by atoms with Crippen LogP contribution in [0.5, 0.6) is 0 Å². The third kappa shape index (κ3) is 2.78. The van der Waals surface area contributed by atoms with Gasteiger partial charge in [0.15, 0.2) is 5.82 Å². The number of aromatic nitrogens is 3. The summed E-state index contributed by atoms with van der Waals surface area (Å²) in [6.07, 6.45) is 0. The molecule has 1 aromatic heterocycles. The Bertz CT molecular complexity index is 772. The fourth-order valence-electron chi connectivity index (χ4n) is 2.07. The van der Waals surface area contributed by atoms with Gasteiger partial charge in [-0.25, -0.2) is 4.39 Å². The van der Waals surface area contributed by atoms with Gasteiger partial charge < -0.3 is 0 Å². The lowest BCUT2D eigenvalue weighted by Gasteiger charge is -2.09. The molecule has 106 valence electrons. The van der Waals surface area contributed by atoms with Crippen molar-refractivity contribution in [2.24, 2.45) is 0 Å². The van der Waals surface area contributed by atoms with E-state index in [1.54, 1.807) is 12.1 Å². The molecule has 0 aliphatic carbocycles. The molecule has 0 saturated heterocycles. The Morgan fingerprint density at radius 1 is 1.05 bits per heavy atom. The van der Waals surface area contributed by atoms with Gasteiger partial charge >= 0.3 is 0 Å². The molecule has 3 nitrogen and oxygen atoms in total. The first-order valence-corrected chi connectivity index (χ1v) is 8.13. The monoisotopic (exact) mass is 409 g/mol. The SMILES string of the molecule is Fc1ccc(-c2nnc(CBr)n2-c2ccccc2)cc1Br. The minimum absolute atomic E-state index is 0.301. The van der Waals surface area contributed by atoms with Crippen LogP contribution in [0.25, 0.3) is 17.1 Å². The molecule has 0 aliphatic rings. The summed E-state index contributed by atoms with van der Waals surface area (Å²) in [4.78, 5) is 0. The van der Waals surface area contributed by atoms with E-state index in [1.807, 2.05) is 34.9 Å². The zero-order valence-electron chi connectivity index (χ0n) is 10.8. The minimum atomic E-state index is -0.301. The molecule has 0 unspecified atom stereocenters. The molecular weight excluding hydrogens is 401 g/mol. The molecule has 0 N–H and O–H groups in total. The summed E-state index contributed by atoms with van der Waals surface area (Å²) in [5.74, 6) is 1.17. The van der Waals surface area contributed by atoms with Crippen LogP contribution in [0.2, 0.25) is 0 Å². The molecule has 0 saturated carbocycles. The lowest BCUT2D eigenvalue weighted by atomic mass is 10.2. The second kappa shape index (κ2) is 6.07. The fraction of sp³-hybridized carbons (Fsp3) is 0.0667. The van der Waals surface area contributed by atoms with E-state index in [9.17, 15) is 4.39 Å². The van der Waals surface area contributed by atoms with Crippen molar-refractivity contribution in [1.29, 1.82) is 0 Å². The molecule has 0 bridgehead atoms. The number of alkyl halides is 1. The van der Waals surface area contributed by atoms with Crippen LogP contribution in [0.3, 0.4) is 0 Å². The molecular formula is C15H10Br2FN3. The average molecular weight is 411 g/mol. The third-order valence-electron chi connectivity index (χ3n) is 3.04. The molecule has 0 fully saturated rings. The van der Waals surface area contributed by atoms with E-state index in [4.69, 9.17) is 0 Å². The van der Waals surface area contributed by atoms with Crippen LogP contribution in [-0.4, -0.2) is 14.8 Å². The maximum absolute atomic E-state index is 13.4. The maximum Gasteiger partial charge on any atom is 0.168 e. The van der Waals surface area contributed by atoms with Gasteiger partial charge in [0.1, 0.15) is 11.6 Å². The van der Waals surface area contributed by atoms with E-state index in [0.717, 1.165) is 17.1 Å². The van der Waals surface area contributed by atoms with Crippen LogP contribution in [0, 0.1) is 5.82 Å². The Kier molecular flexibility index (Phi) is 4.17. The molecule has 21 heavy (non-hydrogen) atoms. The van der Waals surface area contributed by atoms with Gasteiger partial charge in [-0.05, 0) is 46.3 Å². The number of nitrogens with zero attached hydrogens (tertiary/aromatic N) is 3. The Morgan fingerprint density at radius 3 is 2.48 bits per heavy atom. The first-order chi connectivity index (χ1) is 10.2. The summed E-state index contributed by atoms with van der Waals surface area (Å²) in [5.41, 5.74) is 1.76. The van der Waals surface area contributed by atoms with Crippen LogP contribution in [-0.2, 0) is 5.33 Å². The predicted octanol–water partition coefficient (Wildman–Crippen LogP) is 4.73. The standard InChI is InChI=1S/C15H10Br2FN3/c16-9-14-19-20-15(10-6-7-13(18)12(17)8-10)21(14)11-4-2-1-3-5-11/h1-8H,9H2. The van der Waals surface area contributed by atoms with Crippen LogP contribution in [0.1, 0.15) is 5.82 Å². The lowest BCUT2D eigenvalue weighted by Crippen LogP contribution is -2.01. The Morgan fingerprint density at radius 2 is 1.81 bits per heavy atom. The summed E-state index contributed by atoms with van der Waals surface area (Å²) in [7, 11) is 0. The van der Waals surface area contributed by atoms with Crippen molar-refractivity contribution >= 4 is 31.9 Å². The fourth-order valence-corrected chi connectivity index (χ4v) is 2.82. The van der Waals surface area contributed by atoms with Gasteiger partial charge in [-0.2, -0.15) is 0 Å². The molecule has 0 radical (unpaired) electrons. The van der Waals surface area contributed by atoms with Crippen molar-refractivity contribution in [1.82, 2.24) is 14.8 Å². The van der Waals surface area contributed by atoms with E-state index in [0.29, 0.717) is 15.6 Å². The number of hydrogen-bond acceptors (Lipinski definition) is 2. The molecule has 0 atom stereocenters. The van der Waals surface area contributed by atoms with Crippen molar-refractivity contribution in [2.75, 3.05) is 0 Å². The predicted molar refractivity (Wildman–Crippen MR) is 87.1 cm³/mol. The number of hydrogen-bond donors (Lipinski definition) is 0. The van der Waals surface area contributed by atoms with Crippen molar-refractivity contribution in [3.63, 3.8) is 0 Å². The molecule has 0 spiro atoms. The largest absolute Gasteiger partial charge is 0.278 e. The molecule has 6 heteroatoms. The highest BCUT2D eigenvalue weighted by Crippen LogP contribution is 2.27. The van der Waals surface area contributed by atoms with Gasteiger partial charge in [-0.3, -0.25) is 4.57 Å². The Hall–Kier alpha value is -1.53. The Labute approximate surface area is 138 Å². The molecule has 2 aromatic carbocycles. The van der Waals surface area contributed by atoms with Gasteiger partial charge in [-0.15, -0.1) is 10.2 Å². The first kappa shape index (κ1) is 14.4. The highest BCUT2D eigenvalue weighted by Gasteiger charge is 2.15. The normalized spacial score (nSPS) is 10.8. The maximum atomic E-state index is 13.4. The van der Waals surface area contributed by atoms with Gasteiger partial charge in [0.25, 0.3) is 0 Å². The minimum Gasteiger partial charge on any atom is -0.278 e. The molecule has 0 amide bonds. The second-order valence-electron chi connectivity index (χ2n) is 4.37. The lowest BCUT2D eigenvalue weighted by molar-refractivity contribution is 0.621. The summed E-state index contributed by atoms with van der Waals surface area (Å²) < 4.78 is 15.8. The van der Waals surface area contributed by atoms with Gasteiger partial charge in [0.2, 0.25) is 0 Å². The van der Waals surface area contributed by atoms with Crippen molar-refractivity contribution in [3.05, 3.63) is 64.6 Å². The topological polar surface area (TPSA) is 30.7 Å². The average Bonchev–Trinajstić information content (AvgIpc) is 2.95. The number of halogens is 3. The van der Waals surface area contributed by atoms with E-state index in [1.165, 1.54) is 6.07 Å². The van der Waals surface area contributed by atoms with E-state index in [2.05, 4.69) is 42.1 Å². The van der Waals surface area contributed by atoms with E-state index in [-0.39, 0.29) is 5.82 Å². The van der Waals surface area contributed by atoms with Crippen LogP contribution in [0.4, 0.5) is 4.39 Å². The summed E-state index contributed by atoms with van der Waals surface area (Å²) >= 11 is 6.63. The van der Waals surface area contributed by atoms with E-state index >= 15 is 0 Å². The highest BCUT2D eigenvalue weighted by molar-refractivity contribution is 9.10. The molecule has 1 heterocycles. The van der Waals surface area contributed by atoms with Crippen molar-refractivity contribution in [3.8, 4) is 17.1 Å². The van der Waals surface area contributed by atoms with Crippen LogP contribution in [0.15, 0.2) is 53.0 Å². The molecule has 3 rings (SSSR count). The van der Waals surface area contributed by atoms with Crippen LogP contribution >= 0.6 is 31.9 Å². The van der Waals surface area contributed by atoms with Crippen LogP contribution < -0.4 is 0 Å². The highest BCUT2D eigenvalue weighted by atomic mass is 79.9. The van der Waals surface area contributed by atoms with Crippen molar-refractivity contribution < 1.29 is 4.39 Å². The first-order valence-electron chi connectivity index (χ1n) is 6.22. The Balaban J connectivity index is 2.20. The van der Waals surface area contributed by atoms with Crippen molar-refractivity contribution in [2.45, 2.75) is 5.33 Å². The van der Waals surface area contributed by atoms with Gasteiger partial charge in [-0.1, -0.05) is 34.1 Å². The van der Waals surface area contributed by atoms with Gasteiger partial charge in [0.05, 0.1) is 9.80 Å². The number of rotatable bonds is 3. The van der Waals surface area contributed by atoms with E-state index < -0.39 is 0 Å². The smallest absolute Gasteiger partial charge is 0.168 e. The van der Waals surface area contributed by atoms with Gasteiger partial charge in [0, 0.05) is 11.3 Å². The summed E-state index contributed by atoms with van der Waals surface area (Å²) in [6, 6.07) is 14.6. The molecule has 0 aliphatic heterocycles. The quantitative estimate of drug-likeness (QED) is 0.584.